The standard InChI is InChI=1S/C38H30N2Si2/c1-41(2,3)21-19-25-23-11-7-9-13-29(23)37-33-27(25)15-17-31-35(33)36-32(39-37)18-16-28-26(20-22-42(4,5)6)24-12-8-10-14-30(24)38(40-31)34(28)36/h7-18H,1-6H3. The van der Waals surface area contributed by atoms with Gasteiger partial charge < -0.3 is 0 Å². The summed E-state index contributed by atoms with van der Waals surface area (Å²) in [4.78, 5) is 10.8. The van der Waals surface area contributed by atoms with Crippen molar-refractivity contribution in [1.29, 1.82) is 0 Å². The molecular formula is C38H30N2Si2. The first-order valence-corrected chi connectivity index (χ1v) is 21.6. The van der Waals surface area contributed by atoms with Gasteiger partial charge in [0.25, 0.3) is 0 Å². The van der Waals surface area contributed by atoms with Gasteiger partial charge in [0, 0.05) is 65.0 Å². The predicted molar refractivity (Wildman–Crippen MR) is 187 cm³/mol. The zero-order valence-corrected chi connectivity index (χ0v) is 26.8. The van der Waals surface area contributed by atoms with Crippen LogP contribution in [-0.4, -0.2) is 26.1 Å². The maximum atomic E-state index is 5.41. The summed E-state index contributed by atoms with van der Waals surface area (Å²) >= 11 is 0. The zero-order chi connectivity index (χ0) is 29.0. The molecule has 0 N–H and O–H groups in total. The average molecular weight is 571 g/mol. The summed E-state index contributed by atoms with van der Waals surface area (Å²) in [6.07, 6.45) is 0. The van der Waals surface area contributed by atoms with Crippen LogP contribution in [0, 0.1) is 22.9 Å². The maximum Gasteiger partial charge on any atom is 0.129 e. The van der Waals surface area contributed by atoms with Crippen LogP contribution in [0.1, 0.15) is 11.1 Å². The molecule has 0 saturated carbocycles. The zero-order valence-electron chi connectivity index (χ0n) is 24.8. The largest absolute Gasteiger partial charge is 0.247 e. The van der Waals surface area contributed by atoms with E-state index in [1.165, 1.54) is 32.3 Å². The molecule has 0 aliphatic carbocycles. The van der Waals surface area contributed by atoms with Crippen LogP contribution in [0.2, 0.25) is 39.3 Å². The number of fused-ring (bicyclic) bond motifs is 4. The summed E-state index contributed by atoms with van der Waals surface area (Å²) in [5, 5.41) is 11.7. The molecule has 2 heterocycles. The van der Waals surface area contributed by atoms with Crippen molar-refractivity contribution >= 4 is 92.1 Å². The molecule has 8 aromatic rings. The van der Waals surface area contributed by atoms with Gasteiger partial charge in [-0.05, 0) is 12.1 Å². The molecule has 0 aliphatic rings. The van der Waals surface area contributed by atoms with E-state index in [2.05, 4.69) is 135 Å². The number of hydrogen-bond donors (Lipinski definition) is 0. The Morgan fingerprint density at radius 3 is 1.19 bits per heavy atom. The smallest absolute Gasteiger partial charge is 0.129 e. The van der Waals surface area contributed by atoms with Gasteiger partial charge in [0.2, 0.25) is 0 Å². The fraction of sp³-hybridized carbons (Fsp3) is 0.158. The second kappa shape index (κ2) is 8.52. The molecule has 2 nitrogen and oxygen atoms in total. The normalized spacial score (nSPS) is 12.6. The highest BCUT2D eigenvalue weighted by Crippen LogP contribution is 2.46. The van der Waals surface area contributed by atoms with E-state index in [1.54, 1.807) is 0 Å². The first-order chi connectivity index (χ1) is 20.1. The van der Waals surface area contributed by atoms with Gasteiger partial charge in [-0.1, -0.05) is 112 Å². The highest BCUT2D eigenvalue weighted by Gasteiger charge is 2.23. The first-order valence-electron chi connectivity index (χ1n) is 14.6. The van der Waals surface area contributed by atoms with Crippen LogP contribution in [0.25, 0.3) is 75.9 Å². The molecule has 6 aromatic carbocycles. The van der Waals surface area contributed by atoms with E-state index >= 15 is 0 Å². The number of aromatic nitrogens is 2. The number of hydrogen-bond acceptors (Lipinski definition) is 2. The van der Waals surface area contributed by atoms with Crippen molar-refractivity contribution in [1.82, 2.24) is 9.97 Å². The van der Waals surface area contributed by atoms with Crippen molar-refractivity contribution in [2.45, 2.75) is 39.3 Å². The molecule has 0 fully saturated rings. The molecule has 2 aromatic heterocycles. The van der Waals surface area contributed by atoms with Crippen molar-refractivity contribution in [2.24, 2.45) is 0 Å². The van der Waals surface area contributed by atoms with Gasteiger partial charge in [0.1, 0.15) is 16.1 Å². The summed E-state index contributed by atoms with van der Waals surface area (Å²) in [6, 6.07) is 26.1. The summed E-state index contributed by atoms with van der Waals surface area (Å²) < 4.78 is 0. The molecule has 4 heteroatoms. The van der Waals surface area contributed by atoms with E-state index in [0.29, 0.717) is 0 Å². The lowest BCUT2D eigenvalue weighted by Gasteiger charge is -2.20. The third-order valence-corrected chi connectivity index (χ3v) is 9.87. The molecule has 0 bridgehead atoms. The van der Waals surface area contributed by atoms with Crippen molar-refractivity contribution in [3.8, 4) is 22.9 Å². The fourth-order valence-electron chi connectivity index (χ4n) is 6.40. The monoisotopic (exact) mass is 570 g/mol. The van der Waals surface area contributed by atoms with Crippen LogP contribution in [-0.2, 0) is 0 Å². The molecule has 0 saturated heterocycles. The molecule has 200 valence electrons. The van der Waals surface area contributed by atoms with E-state index in [-0.39, 0.29) is 0 Å². The highest BCUT2D eigenvalue weighted by molar-refractivity contribution is 6.84. The Hall–Kier alpha value is -4.49. The van der Waals surface area contributed by atoms with Crippen molar-refractivity contribution in [3.05, 3.63) is 83.9 Å². The summed E-state index contributed by atoms with van der Waals surface area (Å²) in [6.45, 7) is 13.8. The van der Waals surface area contributed by atoms with Gasteiger partial charge in [-0.3, -0.25) is 0 Å². The van der Waals surface area contributed by atoms with Crippen molar-refractivity contribution in [3.63, 3.8) is 0 Å². The van der Waals surface area contributed by atoms with Crippen molar-refractivity contribution in [2.75, 3.05) is 0 Å². The minimum atomic E-state index is -1.60. The molecule has 0 unspecified atom stereocenters. The minimum absolute atomic E-state index is 1.00. The molecule has 42 heavy (non-hydrogen) atoms. The van der Waals surface area contributed by atoms with Gasteiger partial charge >= 0.3 is 0 Å². The van der Waals surface area contributed by atoms with Gasteiger partial charge in [-0.2, -0.15) is 0 Å². The second-order valence-electron chi connectivity index (χ2n) is 13.5. The van der Waals surface area contributed by atoms with E-state index in [4.69, 9.17) is 9.97 Å². The Balaban J connectivity index is 1.65. The topological polar surface area (TPSA) is 25.8 Å². The van der Waals surface area contributed by atoms with Gasteiger partial charge in [-0.15, -0.1) is 11.1 Å². The van der Waals surface area contributed by atoms with Crippen molar-refractivity contribution < 1.29 is 0 Å². The van der Waals surface area contributed by atoms with Gasteiger partial charge in [0.15, 0.2) is 0 Å². The molecule has 0 amide bonds. The first kappa shape index (κ1) is 25.2. The number of nitrogens with zero attached hydrogens (tertiary/aromatic N) is 2. The van der Waals surface area contributed by atoms with Crippen LogP contribution in [0.15, 0.2) is 72.8 Å². The third kappa shape index (κ3) is 3.66. The molecule has 0 radical (unpaired) electrons. The number of benzene rings is 6. The van der Waals surface area contributed by atoms with Crippen LogP contribution in [0.4, 0.5) is 0 Å². The van der Waals surface area contributed by atoms with Crippen LogP contribution >= 0.6 is 0 Å². The Bertz CT molecular complexity index is 2360. The Labute approximate surface area is 247 Å². The molecule has 0 atom stereocenters. The van der Waals surface area contributed by atoms with E-state index in [1.807, 2.05) is 0 Å². The lowest BCUT2D eigenvalue weighted by molar-refractivity contribution is 1.50. The average Bonchev–Trinajstić information content (AvgIpc) is 2.96. The lowest BCUT2D eigenvalue weighted by atomic mass is 9.87. The van der Waals surface area contributed by atoms with E-state index < -0.39 is 16.1 Å². The van der Waals surface area contributed by atoms with Crippen LogP contribution < -0.4 is 0 Å². The van der Waals surface area contributed by atoms with Crippen LogP contribution in [0.5, 0.6) is 0 Å². The molecule has 8 rings (SSSR count). The van der Waals surface area contributed by atoms with Crippen LogP contribution in [0.3, 0.4) is 0 Å². The van der Waals surface area contributed by atoms with Gasteiger partial charge in [-0.25, -0.2) is 9.97 Å². The number of pyridine rings is 2. The Kier molecular flexibility index (Phi) is 5.12. The number of rotatable bonds is 0. The highest BCUT2D eigenvalue weighted by atomic mass is 28.3. The quantitative estimate of drug-likeness (QED) is 0.0785. The Morgan fingerprint density at radius 1 is 0.429 bits per heavy atom. The molecular weight excluding hydrogens is 541 g/mol. The summed E-state index contributed by atoms with van der Waals surface area (Å²) in [7, 11) is -3.20. The van der Waals surface area contributed by atoms with E-state index in [9.17, 15) is 0 Å². The SMILES string of the molecule is C[Si](C)(C)C#Cc1c2ccccc2c2nc3ccc4c(C#C[Si](C)(C)C)c5ccccc5c5nc6ccc1c2c6c3c45. The molecule has 0 aliphatic heterocycles. The van der Waals surface area contributed by atoms with E-state index in [0.717, 1.165) is 54.7 Å². The summed E-state index contributed by atoms with van der Waals surface area (Å²) in [5.41, 5.74) is 13.6. The fourth-order valence-corrected chi connectivity index (χ4v) is 7.40. The lowest BCUT2D eigenvalue weighted by Crippen LogP contribution is -2.16. The second-order valence-corrected chi connectivity index (χ2v) is 23.0. The van der Waals surface area contributed by atoms with Gasteiger partial charge in [0.05, 0.1) is 22.1 Å². The summed E-state index contributed by atoms with van der Waals surface area (Å²) in [5.74, 6) is 7.32. The maximum absolute atomic E-state index is 5.41. The third-order valence-electron chi connectivity index (χ3n) is 8.12. The Morgan fingerprint density at radius 2 is 0.810 bits per heavy atom. The molecule has 0 spiro atoms. The predicted octanol–water partition coefficient (Wildman–Crippen LogP) is 9.88. The minimum Gasteiger partial charge on any atom is -0.247 e.